The number of hydrogen-bond acceptors (Lipinski definition) is 2. The molecule has 0 radical (unpaired) electrons. The van der Waals surface area contributed by atoms with Crippen molar-refractivity contribution < 1.29 is 13.7 Å². The average molecular weight is 296 g/mol. The lowest BCUT2D eigenvalue weighted by molar-refractivity contribution is 0.00638. The molecule has 2 nitrogen and oxygen atoms in total. The molecular formula is C16H21FO2S. The third kappa shape index (κ3) is 2.23. The molecule has 0 amide bonds. The van der Waals surface area contributed by atoms with Crippen LogP contribution < -0.4 is 0 Å². The van der Waals surface area contributed by atoms with Crippen molar-refractivity contribution in [2.45, 2.75) is 62.1 Å². The summed E-state index contributed by atoms with van der Waals surface area (Å²) in [6, 6.07) is 3.51. The van der Waals surface area contributed by atoms with Crippen LogP contribution in [0.15, 0.2) is 12.1 Å². The molecule has 0 aliphatic carbocycles. The number of halogens is 1. The molecule has 2 unspecified atom stereocenters. The maximum atomic E-state index is 13.8. The minimum atomic E-state index is -0.938. The van der Waals surface area contributed by atoms with Crippen LogP contribution in [0.3, 0.4) is 0 Å². The summed E-state index contributed by atoms with van der Waals surface area (Å²) in [5, 5.41) is 11.2. The number of rotatable bonds is 1. The third-order valence-electron chi connectivity index (χ3n) is 4.81. The van der Waals surface area contributed by atoms with E-state index in [9.17, 15) is 13.7 Å². The van der Waals surface area contributed by atoms with Gasteiger partial charge in [-0.1, -0.05) is 18.6 Å². The molecule has 2 aliphatic heterocycles. The molecule has 0 spiro atoms. The number of hydrogen-bond donors (Lipinski definition) is 1. The van der Waals surface area contributed by atoms with Crippen LogP contribution in [0.5, 0.6) is 0 Å². The highest BCUT2D eigenvalue weighted by Gasteiger charge is 2.46. The van der Waals surface area contributed by atoms with Crippen LogP contribution in [0.2, 0.25) is 0 Å². The fourth-order valence-corrected chi connectivity index (χ4v) is 5.96. The van der Waals surface area contributed by atoms with Crippen molar-refractivity contribution >= 4 is 10.8 Å². The first-order chi connectivity index (χ1) is 9.40. The highest BCUT2D eigenvalue weighted by Crippen LogP contribution is 2.44. The molecule has 1 aromatic carbocycles. The minimum absolute atomic E-state index is 0.0955. The van der Waals surface area contributed by atoms with E-state index in [0.29, 0.717) is 24.0 Å². The molecule has 110 valence electrons. The smallest absolute Gasteiger partial charge is 0.129 e. The Bertz CT molecular complexity index is 531. The zero-order chi connectivity index (χ0) is 14.5. The molecule has 2 aliphatic rings. The first-order valence-corrected chi connectivity index (χ1v) is 8.57. The lowest BCUT2D eigenvalue weighted by Crippen LogP contribution is -2.47. The molecule has 4 heteroatoms. The molecule has 0 saturated carbocycles. The van der Waals surface area contributed by atoms with Gasteiger partial charge in [-0.25, -0.2) is 4.39 Å². The van der Waals surface area contributed by atoms with E-state index < -0.39 is 16.4 Å². The van der Waals surface area contributed by atoms with E-state index in [1.165, 1.54) is 0 Å². The highest BCUT2D eigenvalue weighted by molar-refractivity contribution is 7.86. The van der Waals surface area contributed by atoms with Gasteiger partial charge in [0.15, 0.2) is 0 Å². The molecule has 2 atom stereocenters. The first-order valence-electron chi connectivity index (χ1n) is 7.30. The van der Waals surface area contributed by atoms with E-state index in [4.69, 9.17) is 0 Å². The Morgan fingerprint density at radius 2 is 1.70 bits per heavy atom. The van der Waals surface area contributed by atoms with Crippen molar-refractivity contribution in [1.29, 1.82) is 0 Å². The Balaban J connectivity index is 1.99. The van der Waals surface area contributed by atoms with E-state index in [-0.39, 0.29) is 16.3 Å². The monoisotopic (exact) mass is 296 g/mol. The normalized spacial score (nSPS) is 36.9. The fraction of sp³-hybridized carbons (Fsp3) is 0.625. The van der Waals surface area contributed by atoms with Crippen molar-refractivity contribution in [3.05, 3.63) is 34.6 Å². The fourth-order valence-electron chi connectivity index (χ4n) is 3.73. The Morgan fingerprint density at radius 1 is 1.20 bits per heavy atom. The van der Waals surface area contributed by atoms with Crippen LogP contribution in [0, 0.1) is 19.7 Å². The molecule has 2 bridgehead atoms. The zero-order valence-electron chi connectivity index (χ0n) is 12.0. The molecule has 0 aromatic heterocycles. The summed E-state index contributed by atoms with van der Waals surface area (Å²) in [4.78, 5) is 0. The summed E-state index contributed by atoms with van der Waals surface area (Å²) < 4.78 is 26.0. The van der Waals surface area contributed by atoms with Crippen molar-refractivity contribution in [2.24, 2.45) is 0 Å². The lowest BCUT2D eigenvalue weighted by atomic mass is 9.79. The van der Waals surface area contributed by atoms with Crippen LogP contribution >= 0.6 is 0 Å². The second-order valence-corrected chi connectivity index (χ2v) is 8.36. The Labute approximate surface area is 121 Å². The van der Waals surface area contributed by atoms with Crippen molar-refractivity contribution in [2.75, 3.05) is 0 Å². The van der Waals surface area contributed by atoms with Gasteiger partial charge in [-0.3, -0.25) is 4.21 Å². The van der Waals surface area contributed by atoms with Crippen molar-refractivity contribution in [3.63, 3.8) is 0 Å². The van der Waals surface area contributed by atoms with Gasteiger partial charge in [0.1, 0.15) is 5.82 Å². The van der Waals surface area contributed by atoms with E-state index in [2.05, 4.69) is 0 Å². The van der Waals surface area contributed by atoms with Gasteiger partial charge in [-0.15, -0.1) is 0 Å². The zero-order valence-corrected chi connectivity index (χ0v) is 12.8. The molecular weight excluding hydrogens is 275 g/mol. The molecule has 2 heterocycles. The highest BCUT2D eigenvalue weighted by atomic mass is 32.2. The maximum absolute atomic E-state index is 13.8. The number of aliphatic hydroxyl groups is 1. The Kier molecular flexibility index (Phi) is 3.49. The van der Waals surface area contributed by atoms with Crippen molar-refractivity contribution in [3.8, 4) is 0 Å². The molecule has 20 heavy (non-hydrogen) atoms. The van der Waals surface area contributed by atoms with E-state index in [1.54, 1.807) is 26.0 Å². The van der Waals surface area contributed by atoms with Gasteiger partial charge in [0, 0.05) is 21.3 Å². The molecule has 3 rings (SSSR count). The van der Waals surface area contributed by atoms with Gasteiger partial charge in [0.2, 0.25) is 0 Å². The summed E-state index contributed by atoms with van der Waals surface area (Å²) in [5.41, 5.74) is 1.01. The first kappa shape index (κ1) is 14.2. The summed E-state index contributed by atoms with van der Waals surface area (Å²) in [7, 11) is -0.805. The van der Waals surface area contributed by atoms with Crippen molar-refractivity contribution in [1.82, 2.24) is 0 Å². The quantitative estimate of drug-likeness (QED) is 0.864. The number of aryl methyl sites for hydroxylation is 2. The second kappa shape index (κ2) is 4.92. The predicted octanol–water partition coefficient (Wildman–Crippen LogP) is 3.09. The van der Waals surface area contributed by atoms with E-state index in [0.717, 1.165) is 24.8 Å². The summed E-state index contributed by atoms with van der Waals surface area (Å²) in [5.74, 6) is -0.197. The number of benzene rings is 1. The van der Waals surface area contributed by atoms with Gasteiger partial charge in [-0.05, 0) is 56.2 Å². The summed E-state index contributed by atoms with van der Waals surface area (Å²) in [6.07, 6.45) is 4.06. The topological polar surface area (TPSA) is 37.3 Å². The largest absolute Gasteiger partial charge is 0.385 e. The Morgan fingerprint density at radius 3 is 2.20 bits per heavy atom. The van der Waals surface area contributed by atoms with Crippen LogP contribution in [-0.2, 0) is 16.4 Å². The van der Waals surface area contributed by atoms with Crippen LogP contribution in [-0.4, -0.2) is 19.8 Å². The van der Waals surface area contributed by atoms with Crippen LogP contribution in [0.25, 0.3) is 0 Å². The Hall–Kier alpha value is -0.740. The van der Waals surface area contributed by atoms with E-state index >= 15 is 0 Å². The van der Waals surface area contributed by atoms with E-state index in [1.807, 2.05) is 0 Å². The van der Waals surface area contributed by atoms with Gasteiger partial charge in [0.05, 0.1) is 5.60 Å². The summed E-state index contributed by atoms with van der Waals surface area (Å²) >= 11 is 0. The average Bonchev–Trinajstić information content (AvgIpc) is 2.37. The maximum Gasteiger partial charge on any atom is 0.129 e. The third-order valence-corrected chi connectivity index (χ3v) is 6.93. The van der Waals surface area contributed by atoms with Gasteiger partial charge < -0.3 is 5.11 Å². The van der Waals surface area contributed by atoms with Crippen LogP contribution in [0.1, 0.15) is 48.8 Å². The minimum Gasteiger partial charge on any atom is -0.385 e. The molecule has 2 saturated heterocycles. The standard InChI is InChI=1S/C16H21FO2S/c1-10-6-12(7-11(2)15(10)17)16(18)8-13-4-3-5-14(9-16)20(13)19/h6-7,13-14,18H,3-5,8-9H2,1-2H3. The van der Waals surface area contributed by atoms with Crippen LogP contribution in [0.4, 0.5) is 4.39 Å². The SMILES string of the molecule is Cc1cc(C2(O)CC3CCCC(C2)S3=O)cc(C)c1F. The molecule has 2 fully saturated rings. The second-order valence-electron chi connectivity index (χ2n) is 6.37. The lowest BCUT2D eigenvalue weighted by Gasteiger charge is -2.44. The van der Waals surface area contributed by atoms with Gasteiger partial charge in [-0.2, -0.15) is 0 Å². The predicted molar refractivity (Wildman–Crippen MR) is 78.6 cm³/mol. The summed E-state index contributed by atoms with van der Waals surface area (Å²) in [6.45, 7) is 3.47. The number of fused-ring (bicyclic) bond motifs is 2. The van der Waals surface area contributed by atoms with Gasteiger partial charge in [0.25, 0.3) is 0 Å². The molecule has 1 N–H and O–H groups in total. The van der Waals surface area contributed by atoms with Gasteiger partial charge >= 0.3 is 0 Å². The molecule has 1 aromatic rings.